The van der Waals surface area contributed by atoms with Crippen LogP contribution in [0.2, 0.25) is 0 Å². The van der Waals surface area contributed by atoms with Gasteiger partial charge in [-0.25, -0.2) is 0 Å². The number of aliphatic hydroxyl groups is 2. The van der Waals surface area contributed by atoms with Crippen LogP contribution in [0.5, 0.6) is 0 Å². The number of carbonyl (C=O) groups is 3. The molecule has 0 heterocycles. The van der Waals surface area contributed by atoms with E-state index in [0.29, 0.717) is 31.1 Å². The first-order chi connectivity index (χ1) is 17.7. The first-order valence-electron chi connectivity index (χ1n) is 14.5. The summed E-state index contributed by atoms with van der Waals surface area (Å²) < 4.78 is 10.9. The molecule has 218 valence electrons. The van der Waals surface area contributed by atoms with Crippen LogP contribution in [0.1, 0.15) is 105 Å². The predicted octanol–water partition coefficient (Wildman–Crippen LogP) is 4.73. The van der Waals surface area contributed by atoms with Crippen LogP contribution in [0.4, 0.5) is 0 Å². The maximum absolute atomic E-state index is 13.2. The summed E-state index contributed by atoms with van der Waals surface area (Å²) in [6.07, 6.45) is 7.10. The molecule has 3 N–H and O–H groups in total. The topological polar surface area (TPSA) is 130 Å². The summed E-state index contributed by atoms with van der Waals surface area (Å²) >= 11 is 0. The highest BCUT2D eigenvalue weighted by molar-refractivity contribution is 5.78. The number of aliphatic hydroxyl groups excluding tert-OH is 1. The molecule has 0 aromatic heterocycles. The van der Waals surface area contributed by atoms with E-state index in [1.807, 2.05) is 13.8 Å². The summed E-state index contributed by atoms with van der Waals surface area (Å²) in [5.74, 6) is -1.42. The Balaban J connectivity index is 1.70. The maximum atomic E-state index is 13.2. The summed E-state index contributed by atoms with van der Waals surface area (Å²) in [6.45, 7) is 9.64. The van der Waals surface area contributed by atoms with E-state index in [0.717, 1.165) is 38.5 Å². The smallest absolute Gasteiger partial charge is 0.313 e. The SMILES string of the molecule is CCC(CC(C)(CO)C(=O)OC)C(=O)OC1CCC2(C)C(CCC3(C)C(CCC(=O)O)C(C)(O)CCC23)C1. The number of methoxy groups -OCH3 is 1. The number of rotatable bonds is 10. The van der Waals surface area contributed by atoms with Gasteiger partial charge in [-0.1, -0.05) is 20.8 Å². The highest BCUT2D eigenvalue weighted by atomic mass is 16.5. The molecule has 3 rings (SSSR count). The van der Waals surface area contributed by atoms with E-state index >= 15 is 0 Å². The molecule has 38 heavy (non-hydrogen) atoms. The highest BCUT2D eigenvalue weighted by Gasteiger charge is 2.62. The van der Waals surface area contributed by atoms with Gasteiger partial charge in [0, 0.05) is 6.42 Å². The van der Waals surface area contributed by atoms with Crippen molar-refractivity contribution >= 4 is 17.9 Å². The fraction of sp³-hybridized carbons (Fsp3) is 0.900. The number of esters is 2. The Morgan fingerprint density at radius 3 is 2.29 bits per heavy atom. The van der Waals surface area contributed by atoms with Crippen molar-refractivity contribution in [2.75, 3.05) is 13.7 Å². The molecule has 9 atom stereocenters. The van der Waals surface area contributed by atoms with E-state index in [2.05, 4.69) is 13.8 Å². The number of carbonyl (C=O) groups excluding carboxylic acids is 2. The lowest BCUT2D eigenvalue weighted by Gasteiger charge is -2.65. The molecule has 3 saturated carbocycles. The molecule has 9 unspecified atom stereocenters. The Kier molecular flexibility index (Phi) is 9.29. The van der Waals surface area contributed by atoms with Gasteiger partial charge in [-0.3, -0.25) is 14.4 Å². The van der Waals surface area contributed by atoms with Crippen molar-refractivity contribution in [2.45, 2.75) is 117 Å². The van der Waals surface area contributed by atoms with Gasteiger partial charge < -0.3 is 24.8 Å². The molecule has 0 bridgehead atoms. The zero-order valence-electron chi connectivity index (χ0n) is 24.3. The molecule has 0 saturated heterocycles. The van der Waals surface area contributed by atoms with E-state index in [4.69, 9.17) is 9.47 Å². The van der Waals surface area contributed by atoms with Crippen molar-refractivity contribution in [3.8, 4) is 0 Å². The minimum absolute atomic E-state index is 0.0540. The fourth-order valence-corrected chi connectivity index (χ4v) is 8.77. The Hall–Kier alpha value is -1.67. The predicted molar refractivity (Wildman–Crippen MR) is 142 cm³/mol. The minimum Gasteiger partial charge on any atom is -0.481 e. The molecule has 3 fully saturated rings. The van der Waals surface area contributed by atoms with Crippen molar-refractivity contribution in [2.24, 2.45) is 39.9 Å². The van der Waals surface area contributed by atoms with Crippen LogP contribution in [-0.2, 0) is 23.9 Å². The third-order valence-electron chi connectivity index (χ3n) is 11.1. The average Bonchev–Trinajstić information content (AvgIpc) is 2.85. The quantitative estimate of drug-likeness (QED) is 0.340. The largest absolute Gasteiger partial charge is 0.481 e. The van der Waals surface area contributed by atoms with E-state index in [1.54, 1.807) is 6.92 Å². The number of aliphatic carboxylic acids is 1. The highest BCUT2D eigenvalue weighted by Crippen LogP contribution is 2.67. The maximum Gasteiger partial charge on any atom is 0.313 e. The fourth-order valence-electron chi connectivity index (χ4n) is 8.77. The van der Waals surface area contributed by atoms with Crippen LogP contribution in [0.25, 0.3) is 0 Å². The number of fused-ring (bicyclic) bond motifs is 3. The monoisotopic (exact) mass is 538 g/mol. The molecule has 0 aromatic carbocycles. The second kappa shape index (κ2) is 11.4. The number of carboxylic acids is 1. The molecule has 0 radical (unpaired) electrons. The summed E-state index contributed by atoms with van der Waals surface area (Å²) in [6, 6.07) is 0. The van der Waals surface area contributed by atoms with E-state index < -0.39 is 35.5 Å². The molecule has 3 aliphatic rings. The number of ether oxygens (including phenoxy) is 2. The van der Waals surface area contributed by atoms with Crippen LogP contribution >= 0.6 is 0 Å². The first-order valence-corrected chi connectivity index (χ1v) is 14.5. The van der Waals surface area contributed by atoms with Gasteiger partial charge in [0.05, 0.1) is 30.7 Å². The molecular weight excluding hydrogens is 488 g/mol. The van der Waals surface area contributed by atoms with Gasteiger partial charge in [-0.05, 0) is 107 Å². The van der Waals surface area contributed by atoms with Crippen LogP contribution in [0.15, 0.2) is 0 Å². The molecular formula is C30H50O8. The van der Waals surface area contributed by atoms with Gasteiger partial charge in [0.1, 0.15) is 6.10 Å². The van der Waals surface area contributed by atoms with Crippen molar-refractivity contribution in [1.29, 1.82) is 0 Å². The average molecular weight is 539 g/mol. The third kappa shape index (κ3) is 5.77. The Morgan fingerprint density at radius 2 is 1.71 bits per heavy atom. The van der Waals surface area contributed by atoms with Gasteiger partial charge in [-0.15, -0.1) is 0 Å². The molecule has 8 heteroatoms. The first kappa shape index (κ1) is 30.9. The van der Waals surface area contributed by atoms with Crippen LogP contribution in [-0.4, -0.2) is 58.6 Å². The number of hydrogen-bond acceptors (Lipinski definition) is 7. The lowest BCUT2D eigenvalue weighted by Crippen LogP contribution is -2.61. The lowest BCUT2D eigenvalue weighted by molar-refractivity contribution is -0.205. The Labute approximate surface area is 227 Å². The lowest BCUT2D eigenvalue weighted by atomic mass is 9.40. The number of hydrogen-bond donors (Lipinski definition) is 3. The van der Waals surface area contributed by atoms with Crippen molar-refractivity contribution in [3.05, 3.63) is 0 Å². The zero-order chi connectivity index (χ0) is 28.5. The molecule has 0 spiro atoms. The van der Waals surface area contributed by atoms with Gasteiger partial charge in [0.15, 0.2) is 0 Å². The van der Waals surface area contributed by atoms with Crippen molar-refractivity contribution in [3.63, 3.8) is 0 Å². The normalized spacial score (nSPS) is 39.2. The van der Waals surface area contributed by atoms with Gasteiger partial charge >= 0.3 is 17.9 Å². The van der Waals surface area contributed by atoms with Crippen molar-refractivity contribution < 1.29 is 39.2 Å². The zero-order valence-corrected chi connectivity index (χ0v) is 24.3. The van der Waals surface area contributed by atoms with Crippen LogP contribution in [0.3, 0.4) is 0 Å². The second-order valence-electron chi connectivity index (χ2n) is 13.5. The van der Waals surface area contributed by atoms with Crippen LogP contribution < -0.4 is 0 Å². The second-order valence-corrected chi connectivity index (χ2v) is 13.5. The molecule has 0 aliphatic heterocycles. The van der Waals surface area contributed by atoms with Gasteiger partial charge in [0.2, 0.25) is 0 Å². The molecule has 0 amide bonds. The summed E-state index contributed by atoms with van der Waals surface area (Å²) in [5.41, 5.74) is -2.08. The van der Waals surface area contributed by atoms with Crippen LogP contribution in [0, 0.1) is 39.9 Å². The summed E-state index contributed by atoms with van der Waals surface area (Å²) in [5, 5.41) is 30.5. The van der Waals surface area contributed by atoms with E-state index in [9.17, 15) is 29.7 Å². The summed E-state index contributed by atoms with van der Waals surface area (Å²) in [4.78, 5) is 36.8. The third-order valence-corrected chi connectivity index (χ3v) is 11.1. The Morgan fingerprint density at radius 1 is 1.05 bits per heavy atom. The number of carboxylic acid groups (broad SMARTS) is 1. The molecule has 8 nitrogen and oxygen atoms in total. The standard InChI is InChI=1S/C30H50O8/c1-7-19(17-27(2,18-31)26(35)37-6)25(34)38-21-11-14-28(3)20(16-21)10-13-29(4)22(28)12-15-30(5,36)23(29)8-9-24(32)33/h19-23,31,36H,7-18H2,1-6H3,(H,32,33). The minimum atomic E-state index is -1.15. The van der Waals surface area contributed by atoms with E-state index in [1.165, 1.54) is 7.11 Å². The van der Waals surface area contributed by atoms with E-state index in [-0.39, 0.29) is 41.7 Å². The van der Waals surface area contributed by atoms with Gasteiger partial charge in [0.25, 0.3) is 0 Å². The van der Waals surface area contributed by atoms with Gasteiger partial charge in [-0.2, -0.15) is 0 Å². The van der Waals surface area contributed by atoms with Crippen molar-refractivity contribution in [1.82, 2.24) is 0 Å². The molecule has 0 aromatic rings. The summed E-state index contributed by atoms with van der Waals surface area (Å²) in [7, 11) is 1.28. The Bertz CT molecular complexity index is 885. The molecule has 3 aliphatic carbocycles.